The van der Waals surface area contributed by atoms with Gasteiger partial charge in [0.2, 0.25) is 0 Å². The fourth-order valence-electron chi connectivity index (χ4n) is 4.56. The van der Waals surface area contributed by atoms with E-state index in [2.05, 4.69) is 37.4 Å². The summed E-state index contributed by atoms with van der Waals surface area (Å²) < 4.78 is 34.8. The molecule has 1 amide bonds. The molecule has 2 heterocycles. The summed E-state index contributed by atoms with van der Waals surface area (Å²) in [4.78, 5) is 12.8. The van der Waals surface area contributed by atoms with Gasteiger partial charge in [-0.1, -0.05) is 38.1 Å². The van der Waals surface area contributed by atoms with Crippen molar-refractivity contribution < 1.29 is 18.3 Å². The largest absolute Gasteiger partial charge is 0.384 e. The number of rotatable bonds is 5. The van der Waals surface area contributed by atoms with Gasteiger partial charge in [0, 0.05) is 23.2 Å². The number of carbonyl (C=O) groups excluding carboxylic acids is 1. The minimum Gasteiger partial charge on any atom is -0.384 e. The molecule has 2 aliphatic rings. The number of amidine groups is 1. The fourth-order valence-corrected chi connectivity index (χ4v) is 4.56. The Balaban J connectivity index is 1.37. The molecule has 33 heavy (non-hydrogen) atoms. The maximum atomic E-state index is 14.3. The maximum absolute atomic E-state index is 14.3. The quantitative estimate of drug-likeness (QED) is 0.387. The predicted molar refractivity (Wildman–Crippen MR) is 120 cm³/mol. The molecule has 3 aromatic rings. The highest BCUT2D eigenvalue weighted by Crippen LogP contribution is 2.54. The van der Waals surface area contributed by atoms with Crippen LogP contribution in [0.5, 0.6) is 0 Å². The summed E-state index contributed by atoms with van der Waals surface area (Å²) in [6, 6.07) is 13.8. The summed E-state index contributed by atoms with van der Waals surface area (Å²) in [5.41, 5.74) is 10.9. The number of halogens is 2. The van der Waals surface area contributed by atoms with Crippen molar-refractivity contribution >= 4 is 11.7 Å². The molecule has 2 atom stereocenters. The van der Waals surface area contributed by atoms with Crippen LogP contribution in [0.15, 0.2) is 48.5 Å². The number of carbonyl (C=O) groups is 1. The number of nitrogen functional groups attached to an aromatic ring is 1. The lowest BCUT2D eigenvalue weighted by Crippen LogP contribution is -2.24. The molecular weight excluding hydrogens is 424 g/mol. The van der Waals surface area contributed by atoms with Crippen molar-refractivity contribution in [2.75, 3.05) is 0 Å². The zero-order valence-corrected chi connectivity index (χ0v) is 18.2. The number of hydrogen-bond acceptors (Lipinski definition) is 3. The first kappa shape index (κ1) is 21.3. The van der Waals surface area contributed by atoms with E-state index in [1.54, 1.807) is 12.1 Å². The number of fused-ring (bicyclic) bond motifs is 8. The zero-order chi connectivity index (χ0) is 23.4. The molecule has 4 N–H and O–H groups in total. The molecular formula is C26H23F2N3O2. The van der Waals surface area contributed by atoms with Gasteiger partial charge in [-0.25, -0.2) is 8.78 Å². The highest BCUT2D eigenvalue weighted by Gasteiger charge is 2.43. The Morgan fingerprint density at radius 1 is 0.970 bits per heavy atom. The number of ether oxygens (including phenoxy) is 1. The van der Waals surface area contributed by atoms with E-state index in [1.807, 2.05) is 6.07 Å². The number of hydrogen-bond donors (Lipinski definition) is 3. The van der Waals surface area contributed by atoms with E-state index in [0.29, 0.717) is 11.5 Å². The second-order valence-electron chi connectivity index (χ2n) is 8.80. The van der Waals surface area contributed by atoms with Crippen molar-refractivity contribution in [1.29, 1.82) is 5.41 Å². The molecule has 0 spiro atoms. The Kier molecular flexibility index (Phi) is 5.01. The third kappa shape index (κ3) is 3.49. The van der Waals surface area contributed by atoms with Crippen LogP contribution in [-0.4, -0.2) is 11.7 Å². The van der Waals surface area contributed by atoms with E-state index in [1.165, 1.54) is 5.56 Å². The molecule has 0 saturated carbocycles. The monoisotopic (exact) mass is 447 g/mol. The minimum absolute atomic E-state index is 0.0466. The summed E-state index contributed by atoms with van der Waals surface area (Å²) in [5, 5.41) is 9.90. The van der Waals surface area contributed by atoms with Crippen molar-refractivity contribution in [3.8, 4) is 0 Å². The van der Waals surface area contributed by atoms with Crippen LogP contribution in [0.3, 0.4) is 0 Å². The molecule has 0 aliphatic carbocycles. The van der Waals surface area contributed by atoms with E-state index in [9.17, 15) is 13.6 Å². The van der Waals surface area contributed by atoms with Crippen LogP contribution in [0, 0.1) is 17.0 Å². The van der Waals surface area contributed by atoms with Crippen molar-refractivity contribution in [3.63, 3.8) is 0 Å². The van der Waals surface area contributed by atoms with Crippen LogP contribution in [0.25, 0.3) is 0 Å². The van der Waals surface area contributed by atoms with E-state index in [0.717, 1.165) is 34.4 Å². The van der Waals surface area contributed by atoms with E-state index in [4.69, 9.17) is 15.9 Å². The summed E-state index contributed by atoms with van der Waals surface area (Å²) in [5.74, 6) is -2.20. The Morgan fingerprint density at radius 3 is 2.21 bits per heavy atom. The Labute approximate surface area is 190 Å². The van der Waals surface area contributed by atoms with Crippen LogP contribution >= 0.6 is 0 Å². The number of nitrogens with two attached hydrogens (primary N) is 1. The maximum Gasteiger partial charge on any atom is 0.251 e. The third-order valence-electron chi connectivity index (χ3n) is 6.41. The highest BCUT2D eigenvalue weighted by molar-refractivity contribution is 5.95. The molecule has 2 unspecified atom stereocenters. The molecule has 0 aromatic heterocycles. The molecule has 0 saturated heterocycles. The number of benzene rings is 3. The SMILES string of the molecule is CC(C)c1ccc2c(c1)C1OC2c2ccc(C(=O)NCc3c(F)cc(C(=N)N)cc3F)cc21. The average Bonchev–Trinajstić information content (AvgIpc) is 3.34. The molecule has 0 fully saturated rings. The highest BCUT2D eigenvalue weighted by atomic mass is 19.1. The standard InChI is InChI=1S/C26H23F2N3O2/c1-12(2)13-3-5-16-18(7-13)24-19-8-14(4-6-17(19)23(16)33-24)26(32)31-11-20-21(27)9-15(25(29)30)10-22(20)28/h3-10,12,23-24H,11H2,1-2H3,(H3,29,30)(H,31,32). The predicted octanol–water partition coefficient (Wildman–Crippen LogP) is 4.82. The second kappa shape index (κ2) is 7.78. The van der Waals surface area contributed by atoms with E-state index < -0.39 is 23.4 Å². The first-order valence-electron chi connectivity index (χ1n) is 10.8. The Bertz CT molecular complexity index is 1300. The van der Waals surface area contributed by atoms with Gasteiger partial charge in [0.1, 0.15) is 29.7 Å². The molecule has 5 rings (SSSR count). The van der Waals surface area contributed by atoms with Gasteiger partial charge in [-0.2, -0.15) is 0 Å². The topological polar surface area (TPSA) is 88.2 Å². The van der Waals surface area contributed by atoms with Crippen molar-refractivity contribution in [2.45, 2.75) is 38.5 Å². The molecule has 2 aliphatic heterocycles. The van der Waals surface area contributed by atoms with Crippen LogP contribution in [0.4, 0.5) is 8.78 Å². The van der Waals surface area contributed by atoms with Gasteiger partial charge in [0.05, 0.1) is 0 Å². The van der Waals surface area contributed by atoms with Gasteiger partial charge < -0.3 is 15.8 Å². The van der Waals surface area contributed by atoms with Crippen LogP contribution in [0.2, 0.25) is 0 Å². The van der Waals surface area contributed by atoms with Gasteiger partial charge in [0.15, 0.2) is 0 Å². The average molecular weight is 447 g/mol. The van der Waals surface area contributed by atoms with Crippen LogP contribution in [-0.2, 0) is 11.3 Å². The molecule has 5 nitrogen and oxygen atoms in total. The first-order chi connectivity index (χ1) is 15.7. The lowest BCUT2D eigenvalue weighted by molar-refractivity contribution is 0.0857. The molecule has 7 heteroatoms. The van der Waals surface area contributed by atoms with E-state index in [-0.39, 0.29) is 29.9 Å². The van der Waals surface area contributed by atoms with Crippen LogP contribution in [0.1, 0.15) is 81.3 Å². The summed E-state index contributed by atoms with van der Waals surface area (Å²) in [6.07, 6.45) is -0.359. The van der Waals surface area contributed by atoms with Gasteiger partial charge in [-0.05, 0) is 58.0 Å². The smallest absolute Gasteiger partial charge is 0.251 e. The Hall–Kier alpha value is -3.58. The number of amides is 1. The summed E-state index contributed by atoms with van der Waals surface area (Å²) in [7, 11) is 0. The van der Waals surface area contributed by atoms with Crippen molar-refractivity contribution in [2.24, 2.45) is 5.73 Å². The van der Waals surface area contributed by atoms with Crippen molar-refractivity contribution in [1.82, 2.24) is 5.32 Å². The third-order valence-corrected chi connectivity index (χ3v) is 6.41. The minimum atomic E-state index is -0.863. The van der Waals surface area contributed by atoms with Gasteiger partial charge in [-0.3, -0.25) is 10.2 Å². The summed E-state index contributed by atoms with van der Waals surface area (Å²) >= 11 is 0. The van der Waals surface area contributed by atoms with Gasteiger partial charge in [0.25, 0.3) is 5.91 Å². The lowest BCUT2D eigenvalue weighted by atomic mass is 9.83. The molecule has 2 bridgehead atoms. The molecule has 168 valence electrons. The van der Waals surface area contributed by atoms with Gasteiger partial charge in [-0.15, -0.1) is 0 Å². The first-order valence-corrected chi connectivity index (χ1v) is 10.8. The normalized spacial score (nSPS) is 17.7. The molecule has 3 aromatic carbocycles. The summed E-state index contributed by atoms with van der Waals surface area (Å²) in [6.45, 7) is 3.96. The lowest BCUT2D eigenvalue weighted by Gasteiger charge is -2.18. The zero-order valence-electron chi connectivity index (χ0n) is 18.2. The van der Waals surface area contributed by atoms with Crippen molar-refractivity contribution in [3.05, 3.63) is 105 Å². The van der Waals surface area contributed by atoms with E-state index >= 15 is 0 Å². The van der Waals surface area contributed by atoms with Crippen LogP contribution < -0.4 is 11.1 Å². The molecule has 0 radical (unpaired) electrons. The van der Waals surface area contributed by atoms with Gasteiger partial charge >= 0.3 is 0 Å². The fraction of sp³-hybridized carbons (Fsp3) is 0.231. The second-order valence-corrected chi connectivity index (χ2v) is 8.80. The Morgan fingerprint density at radius 2 is 1.58 bits per heavy atom. The number of nitrogens with one attached hydrogen (secondary N) is 2.